The molecule has 1 aliphatic rings. The Balaban J connectivity index is 1.85. The highest BCUT2D eigenvalue weighted by Crippen LogP contribution is 2.36. The number of carbonyl (C=O) groups excluding carboxylic acids is 3. The van der Waals surface area contributed by atoms with Crippen LogP contribution >= 0.6 is 27.7 Å². The van der Waals surface area contributed by atoms with Crippen LogP contribution in [0.15, 0.2) is 51.8 Å². The Labute approximate surface area is 195 Å². The maximum atomic E-state index is 12.8. The summed E-state index contributed by atoms with van der Waals surface area (Å²) >= 11 is 4.08. The summed E-state index contributed by atoms with van der Waals surface area (Å²) < 4.78 is 11.2. The van der Waals surface area contributed by atoms with Gasteiger partial charge in [0.2, 0.25) is 0 Å². The fourth-order valence-corrected chi connectivity index (χ4v) is 4.19. The van der Waals surface area contributed by atoms with E-state index in [9.17, 15) is 24.5 Å². The number of esters is 1. The zero-order chi connectivity index (χ0) is 23.4. The maximum absolute atomic E-state index is 12.8. The summed E-state index contributed by atoms with van der Waals surface area (Å²) in [5.41, 5.74) is 1.07. The molecule has 3 rings (SSSR count). The van der Waals surface area contributed by atoms with E-state index in [0.717, 1.165) is 4.90 Å². The van der Waals surface area contributed by atoms with Crippen LogP contribution in [-0.2, 0) is 20.9 Å². The minimum absolute atomic E-state index is 0.0458. The lowest BCUT2D eigenvalue weighted by molar-refractivity contribution is -0.384. The van der Waals surface area contributed by atoms with E-state index in [1.807, 2.05) is 0 Å². The average Bonchev–Trinajstić information content (AvgIpc) is 3.05. The summed E-state index contributed by atoms with van der Waals surface area (Å²) in [6.45, 7) is 1.48. The largest absolute Gasteiger partial charge is 0.488 e. The van der Waals surface area contributed by atoms with E-state index in [-0.39, 0.29) is 17.2 Å². The van der Waals surface area contributed by atoms with Gasteiger partial charge in [-0.3, -0.25) is 24.6 Å². The highest BCUT2D eigenvalue weighted by Gasteiger charge is 2.41. The molecule has 0 aliphatic carbocycles. The van der Waals surface area contributed by atoms with Gasteiger partial charge < -0.3 is 9.47 Å². The minimum Gasteiger partial charge on any atom is -0.488 e. The molecule has 0 bridgehead atoms. The molecule has 2 aromatic rings. The summed E-state index contributed by atoms with van der Waals surface area (Å²) in [6.07, 6.45) is 1.50. The lowest BCUT2D eigenvalue weighted by Gasteiger charge is -2.18. The quantitative estimate of drug-likeness (QED) is 0.226. The number of rotatable bonds is 7. The Kier molecular flexibility index (Phi) is 7.31. The zero-order valence-corrected chi connectivity index (χ0v) is 19.3. The van der Waals surface area contributed by atoms with Crippen LogP contribution in [0.25, 0.3) is 6.08 Å². The first kappa shape index (κ1) is 23.5. The molecule has 0 unspecified atom stereocenters. The number of halogens is 1. The summed E-state index contributed by atoms with van der Waals surface area (Å²) in [7, 11) is 1.18. The van der Waals surface area contributed by atoms with Crippen molar-refractivity contribution >= 4 is 56.6 Å². The molecule has 166 valence electrons. The van der Waals surface area contributed by atoms with Crippen molar-refractivity contribution in [3.63, 3.8) is 0 Å². The number of methoxy groups -OCH3 is 1. The first-order chi connectivity index (χ1) is 15.2. The Bertz CT molecular complexity index is 1130. The van der Waals surface area contributed by atoms with Crippen molar-refractivity contribution < 1.29 is 28.8 Å². The van der Waals surface area contributed by atoms with Gasteiger partial charge in [0.1, 0.15) is 18.4 Å². The fourth-order valence-electron chi connectivity index (χ4n) is 2.92. The topological polar surface area (TPSA) is 116 Å². The van der Waals surface area contributed by atoms with E-state index >= 15 is 0 Å². The van der Waals surface area contributed by atoms with Gasteiger partial charge in [0, 0.05) is 22.2 Å². The third-order valence-corrected chi connectivity index (χ3v) is 5.90. The maximum Gasteiger partial charge on any atom is 0.328 e. The molecule has 1 saturated heterocycles. The normalized spacial score (nSPS) is 15.7. The fraction of sp³-hybridized carbons (Fsp3) is 0.190. The van der Waals surface area contributed by atoms with Crippen LogP contribution in [0, 0.1) is 10.1 Å². The average molecular weight is 521 g/mol. The van der Waals surface area contributed by atoms with Gasteiger partial charge >= 0.3 is 5.97 Å². The van der Waals surface area contributed by atoms with E-state index in [2.05, 4.69) is 20.7 Å². The lowest BCUT2D eigenvalue weighted by atomic mass is 10.1. The molecule has 9 nitrogen and oxygen atoms in total. The van der Waals surface area contributed by atoms with Crippen LogP contribution in [0.4, 0.5) is 10.5 Å². The van der Waals surface area contributed by atoms with Gasteiger partial charge in [0.25, 0.3) is 16.8 Å². The number of hydrogen-bond donors (Lipinski definition) is 0. The molecule has 0 aromatic heterocycles. The van der Waals surface area contributed by atoms with Crippen molar-refractivity contribution in [2.24, 2.45) is 0 Å². The minimum atomic E-state index is -1.05. The molecule has 1 fully saturated rings. The molecule has 32 heavy (non-hydrogen) atoms. The van der Waals surface area contributed by atoms with Gasteiger partial charge in [-0.1, -0.05) is 28.1 Å². The van der Waals surface area contributed by atoms with Crippen LogP contribution in [0.5, 0.6) is 5.75 Å². The van der Waals surface area contributed by atoms with Crippen LogP contribution in [0.1, 0.15) is 18.1 Å². The Morgan fingerprint density at radius 1 is 1.28 bits per heavy atom. The summed E-state index contributed by atoms with van der Waals surface area (Å²) in [6, 6.07) is 10.1. The molecule has 0 spiro atoms. The highest BCUT2D eigenvalue weighted by atomic mass is 79.9. The molecule has 0 radical (unpaired) electrons. The van der Waals surface area contributed by atoms with Gasteiger partial charge in [0.15, 0.2) is 0 Å². The van der Waals surface area contributed by atoms with Gasteiger partial charge in [0.05, 0.1) is 16.9 Å². The number of ether oxygens (including phenoxy) is 2. The van der Waals surface area contributed by atoms with E-state index in [4.69, 9.17) is 4.74 Å². The molecule has 11 heteroatoms. The molecular weight excluding hydrogens is 504 g/mol. The number of non-ortho nitro benzene ring substituents is 1. The first-order valence-corrected chi connectivity index (χ1v) is 10.8. The van der Waals surface area contributed by atoms with Crippen molar-refractivity contribution in [3.05, 3.63) is 73.1 Å². The molecule has 0 saturated carbocycles. The van der Waals surface area contributed by atoms with Crippen molar-refractivity contribution in [1.29, 1.82) is 0 Å². The Morgan fingerprint density at radius 2 is 2.03 bits per heavy atom. The molecule has 1 heterocycles. The van der Waals surface area contributed by atoms with Crippen molar-refractivity contribution in [1.82, 2.24) is 4.90 Å². The second-order valence-electron chi connectivity index (χ2n) is 6.65. The molecule has 0 N–H and O–H groups in total. The second kappa shape index (κ2) is 9.96. The number of nitrogens with zero attached hydrogens (tertiary/aromatic N) is 2. The van der Waals surface area contributed by atoms with E-state index in [1.54, 1.807) is 30.3 Å². The first-order valence-electron chi connectivity index (χ1n) is 9.22. The van der Waals surface area contributed by atoms with Crippen molar-refractivity contribution in [2.45, 2.75) is 19.6 Å². The Morgan fingerprint density at radius 3 is 2.72 bits per heavy atom. The summed E-state index contributed by atoms with van der Waals surface area (Å²) in [4.78, 5) is 48.3. The number of imide groups is 1. The predicted octanol–water partition coefficient (Wildman–Crippen LogP) is 4.53. The number of amides is 2. The molecule has 1 atom stereocenters. The monoisotopic (exact) mass is 520 g/mol. The SMILES string of the molecule is COC(=O)[C@H](C)N1C(=O)S/C(=C/c2cc(Br)ccc2OCc2cccc([N+](=O)[O-])c2)C1=O. The van der Waals surface area contributed by atoms with E-state index < -0.39 is 28.1 Å². The van der Waals surface area contributed by atoms with Crippen LogP contribution in [0.3, 0.4) is 0 Å². The molecular formula is C21H17BrN2O7S. The van der Waals surface area contributed by atoms with Crippen LogP contribution in [0.2, 0.25) is 0 Å². The van der Waals surface area contributed by atoms with Gasteiger partial charge in [-0.2, -0.15) is 0 Å². The summed E-state index contributed by atoms with van der Waals surface area (Å²) in [5, 5.41) is 10.4. The summed E-state index contributed by atoms with van der Waals surface area (Å²) in [5.74, 6) is -0.896. The van der Waals surface area contributed by atoms with Crippen LogP contribution < -0.4 is 4.74 Å². The number of thioether (sulfide) groups is 1. The van der Waals surface area contributed by atoms with Gasteiger partial charge in [-0.25, -0.2) is 4.79 Å². The third kappa shape index (κ3) is 5.17. The van der Waals surface area contributed by atoms with Gasteiger partial charge in [-0.15, -0.1) is 0 Å². The van der Waals surface area contributed by atoms with Crippen molar-refractivity contribution in [3.8, 4) is 5.75 Å². The number of hydrogen-bond acceptors (Lipinski definition) is 8. The number of benzene rings is 2. The number of carbonyl (C=O) groups is 3. The van der Waals surface area contributed by atoms with E-state index in [0.29, 0.717) is 33.1 Å². The van der Waals surface area contributed by atoms with E-state index in [1.165, 1.54) is 32.2 Å². The number of nitro groups is 1. The second-order valence-corrected chi connectivity index (χ2v) is 8.56. The molecule has 2 aromatic carbocycles. The zero-order valence-electron chi connectivity index (χ0n) is 16.9. The Hall–Kier alpha value is -3.18. The number of nitro benzene ring substituents is 1. The lowest BCUT2D eigenvalue weighted by Crippen LogP contribution is -2.42. The predicted molar refractivity (Wildman–Crippen MR) is 121 cm³/mol. The highest BCUT2D eigenvalue weighted by molar-refractivity contribution is 9.10. The third-order valence-electron chi connectivity index (χ3n) is 4.53. The smallest absolute Gasteiger partial charge is 0.328 e. The standard InChI is InChI=1S/C21H17BrN2O7S/c1-12(20(26)30-2)23-19(25)18(32-21(23)27)10-14-9-15(22)6-7-17(14)31-11-13-4-3-5-16(8-13)24(28)29/h3-10,12H,11H2,1-2H3/b18-10+/t12-/m0/s1. The van der Waals surface area contributed by atoms with Crippen molar-refractivity contribution in [2.75, 3.05) is 7.11 Å². The van der Waals surface area contributed by atoms with Gasteiger partial charge in [-0.05, 0) is 48.5 Å². The molecule has 2 amide bonds. The molecule has 1 aliphatic heterocycles. The van der Waals surface area contributed by atoms with Crippen LogP contribution in [-0.4, -0.2) is 40.1 Å².